The van der Waals surface area contributed by atoms with Crippen LogP contribution >= 0.6 is 11.6 Å². The van der Waals surface area contributed by atoms with Gasteiger partial charge in [-0.15, -0.1) is 0 Å². The number of carbonyl (C=O) groups excluding carboxylic acids is 1. The number of alkyl carbamates (subject to hydrolysis) is 1. The van der Waals surface area contributed by atoms with E-state index < -0.39 is 17.9 Å². The maximum Gasteiger partial charge on any atom is 0.407 e. The molecule has 0 saturated carbocycles. The Morgan fingerprint density at radius 1 is 1.45 bits per heavy atom. The Morgan fingerprint density at radius 2 is 2.15 bits per heavy atom. The average Bonchev–Trinajstić information content (AvgIpc) is 2.32. The van der Waals surface area contributed by atoms with Gasteiger partial charge in [0, 0.05) is 5.02 Å². The van der Waals surface area contributed by atoms with Gasteiger partial charge in [-0.3, -0.25) is 0 Å². The number of alkyl halides is 1. The maximum atomic E-state index is 13.6. The molecule has 4 nitrogen and oxygen atoms in total. The molecule has 6 heteroatoms. The van der Waals surface area contributed by atoms with Crippen LogP contribution in [0, 0.1) is 0 Å². The van der Waals surface area contributed by atoms with Crippen LogP contribution in [0.5, 0.6) is 5.75 Å². The second kappa shape index (κ2) is 7.33. The van der Waals surface area contributed by atoms with E-state index in [0.29, 0.717) is 10.8 Å². The first kappa shape index (κ1) is 16.6. The van der Waals surface area contributed by atoms with Crippen molar-refractivity contribution in [2.75, 3.05) is 13.2 Å². The van der Waals surface area contributed by atoms with Crippen molar-refractivity contribution in [3.8, 4) is 5.75 Å². The van der Waals surface area contributed by atoms with Crippen LogP contribution < -0.4 is 10.1 Å². The van der Waals surface area contributed by atoms with Crippen molar-refractivity contribution >= 4 is 17.7 Å². The summed E-state index contributed by atoms with van der Waals surface area (Å²) in [5.74, 6) is 0.484. The normalized spacial score (nSPS) is 12.7. The molecule has 112 valence electrons. The van der Waals surface area contributed by atoms with E-state index in [9.17, 15) is 9.18 Å². The highest BCUT2D eigenvalue weighted by molar-refractivity contribution is 6.30. The highest BCUT2D eigenvalue weighted by atomic mass is 35.5. The molecular weight excluding hydrogens is 285 g/mol. The fraction of sp³-hybridized carbons (Fsp3) is 0.500. The molecule has 1 atom stereocenters. The van der Waals surface area contributed by atoms with Gasteiger partial charge in [0.1, 0.15) is 18.0 Å². The van der Waals surface area contributed by atoms with Crippen molar-refractivity contribution in [2.45, 2.75) is 32.5 Å². The third-order valence-electron chi connectivity index (χ3n) is 2.09. The van der Waals surface area contributed by atoms with Crippen molar-refractivity contribution in [3.05, 3.63) is 29.3 Å². The monoisotopic (exact) mass is 303 g/mol. The maximum absolute atomic E-state index is 13.6. The lowest BCUT2D eigenvalue weighted by Crippen LogP contribution is -2.37. The summed E-state index contributed by atoms with van der Waals surface area (Å²) in [6.07, 6.45) is -1.98. The summed E-state index contributed by atoms with van der Waals surface area (Å²) in [5, 5.41) is 2.86. The van der Waals surface area contributed by atoms with E-state index >= 15 is 0 Å². The minimum atomic E-state index is -1.33. The topological polar surface area (TPSA) is 47.6 Å². The van der Waals surface area contributed by atoms with Gasteiger partial charge in [-0.2, -0.15) is 0 Å². The predicted octanol–water partition coefficient (Wildman–Crippen LogP) is 3.58. The van der Waals surface area contributed by atoms with E-state index in [-0.39, 0.29) is 13.2 Å². The zero-order valence-corrected chi connectivity index (χ0v) is 12.5. The summed E-state index contributed by atoms with van der Waals surface area (Å²) in [5.41, 5.74) is -0.604. The fourth-order valence-corrected chi connectivity index (χ4v) is 1.49. The molecule has 0 heterocycles. The minimum Gasteiger partial charge on any atom is -0.490 e. The Bertz CT molecular complexity index is 448. The molecule has 20 heavy (non-hydrogen) atoms. The molecule has 1 aromatic carbocycles. The number of hydrogen-bond acceptors (Lipinski definition) is 3. The zero-order chi connectivity index (χ0) is 15.2. The van der Waals surface area contributed by atoms with E-state index in [1.165, 1.54) is 0 Å². The quantitative estimate of drug-likeness (QED) is 0.904. The molecule has 0 spiro atoms. The Labute approximate surface area is 123 Å². The smallest absolute Gasteiger partial charge is 0.407 e. The van der Waals surface area contributed by atoms with Gasteiger partial charge >= 0.3 is 6.09 Å². The zero-order valence-electron chi connectivity index (χ0n) is 11.8. The molecule has 0 fully saturated rings. The average molecular weight is 304 g/mol. The Hall–Kier alpha value is -1.49. The first-order valence-electron chi connectivity index (χ1n) is 6.25. The van der Waals surface area contributed by atoms with Crippen molar-refractivity contribution in [1.29, 1.82) is 0 Å². The summed E-state index contributed by atoms with van der Waals surface area (Å²) in [4.78, 5) is 11.3. The van der Waals surface area contributed by atoms with E-state index in [2.05, 4.69) is 5.32 Å². The molecule has 1 aromatic rings. The summed E-state index contributed by atoms with van der Waals surface area (Å²) in [6, 6.07) is 6.69. The van der Waals surface area contributed by atoms with Crippen molar-refractivity contribution in [1.82, 2.24) is 5.32 Å². The van der Waals surface area contributed by atoms with Gasteiger partial charge in [-0.1, -0.05) is 17.7 Å². The van der Waals surface area contributed by atoms with Gasteiger partial charge in [0.25, 0.3) is 0 Å². The van der Waals surface area contributed by atoms with Crippen LogP contribution in [0.2, 0.25) is 5.02 Å². The fourth-order valence-electron chi connectivity index (χ4n) is 1.31. The largest absolute Gasteiger partial charge is 0.490 e. The van der Waals surface area contributed by atoms with E-state index in [1.54, 1.807) is 45.0 Å². The molecule has 0 aliphatic rings. The molecule has 1 N–H and O–H groups in total. The highest BCUT2D eigenvalue weighted by Crippen LogP contribution is 2.17. The van der Waals surface area contributed by atoms with Gasteiger partial charge in [0.2, 0.25) is 0 Å². The Kier molecular flexibility index (Phi) is 6.07. The molecule has 0 bridgehead atoms. The van der Waals surface area contributed by atoms with Gasteiger partial charge in [-0.05, 0) is 39.0 Å². The van der Waals surface area contributed by atoms with E-state index in [4.69, 9.17) is 21.1 Å². The number of ether oxygens (including phenoxy) is 2. The summed E-state index contributed by atoms with van der Waals surface area (Å²) in [6.45, 7) is 4.87. The number of carbonyl (C=O) groups is 1. The molecule has 0 radical (unpaired) electrons. The Morgan fingerprint density at radius 3 is 2.75 bits per heavy atom. The third kappa shape index (κ3) is 7.19. The summed E-state index contributed by atoms with van der Waals surface area (Å²) in [7, 11) is 0. The summed E-state index contributed by atoms with van der Waals surface area (Å²) < 4.78 is 23.8. The SMILES string of the molecule is CC(C)(C)OC(=O)NCC(F)COc1cccc(Cl)c1. The number of halogens is 2. The molecule has 0 aromatic heterocycles. The third-order valence-corrected chi connectivity index (χ3v) is 2.33. The van der Waals surface area contributed by atoms with Crippen LogP contribution in [-0.4, -0.2) is 31.0 Å². The van der Waals surface area contributed by atoms with Crippen LogP contribution in [0.3, 0.4) is 0 Å². The minimum absolute atomic E-state index is 0.170. The van der Waals surface area contributed by atoms with E-state index in [1.807, 2.05) is 0 Å². The van der Waals surface area contributed by atoms with Crippen LogP contribution in [0.1, 0.15) is 20.8 Å². The molecule has 1 rings (SSSR count). The molecule has 1 unspecified atom stereocenters. The molecule has 1 amide bonds. The highest BCUT2D eigenvalue weighted by Gasteiger charge is 2.17. The van der Waals surface area contributed by atoms with Crippen molar-refractivity contribution in [2.24, 2.45) is 0 Å². The van der Waals surface area contributed by atoms with Gasteiger partial charge in [0.15, 0.2) is 6.17 Å². The number of nitrogens with one attached hydrogen (secondary N) is 1. The van der Waals surface area contributed by atoms with E-state index in [0.717, 1.165) is 0 Å². The number of rotatable bonds is 5. The molecule has 0 aliphatic heterocycles. The predicted molar refractivity (Wildman–Crippen MR) is 76.1 cm³/mol. The Balaban J connectivity index is 2.27. The second-order valence-electron chi connectivity index (χ2n) is 5.25. The molecule has 0 saturated heterocycles. The number of amides is 1. The van der Waals surface area contributed by atoms with Gasteiger partial charge in [-0.25, -0.2) is 9.18 Å². The van der Waals surface area contributed by atoms with Crippen LogP contribution in [0.4, 0.5) is 9.18 Å². The number of benzene rings is 1. The first-order valence-corrected chi connectivity index (χ1v) is 6.63. The second-order valence-corrected chi connectivity index (χ2v) is 5.68. The first-order chi connectivity index (χ1) is 9.26. The van der Waals surface area contributed by atoms with Crippen molar-refractivity contribution < 1.29 is 18.7 Å². The van der Waals surface area contributed by atoms with Crippen LogP contribution in [0.25, 0.3) is 0 Å². The van der Waals surface area contributed by atoms with Crippen molar-refractivity contribution in [3.63, 3.8) is 0 Å². The standard InChI is InChI=1S/C14H19ClFNO3/c1-14(2,3)20-13(18)17-8-11(16)9-19-12-6-4-5-10(15)7-12/h4-7,11H,8-9H2,1-3H3,(H,17,18). The van der Waals surface area contributed by atoms with Crippen LogP contribution in [-0.2, 0) is 4.74 Å². The molecular formula is C14H19ClFNO3. The lowest BCUT2D eigenvalue weighted by molar-refractivity contribution is 0.0505. The van der Waals surface area contributed by atoms with Gasteiger partial charge in [0.05, 0.1) is 6.54 Å². The lowest BCUT2D eigenvalue weighted by atomic mass is 10.2. The van der Waals surface area contributed by atoms with Crippen LogP contribution in [0.15, 0.2) is 24.3 Å². The summed E-state index contributed by atoms with van der Waals surface area (Å²) >= 11 is 5.78. The van der Waals surface area contributed by atoms with Gasteiger partial charge < -0.3 is 14.8 Å². The lowest BCUT2D eigenvalue weighted by Gasteiger charge is -2.20. The molecule has 0 aliphatic carbocycles. The number of hydrogen-bond donors (Lipinski definition) is 1.